The van der Waals surface area contributed by atoms with Gasteiger partial charge in [-0.1, -0.05) is 58.7 Å². The highest BCUT2D eigenvalue weighted by atomic mass is 35.5. The number of aliphatic carboxylic acids is 1. The van der Waals surface area contributed by atoms with Crippen molar-refractivity contribution in [2.45, 2.75) is 38.8 Å². The van der Waals surface area contributed by atoms with E-state index >= 15 is 0 Å². The molecule has 8 nitrogen and oxygen atoms in total. The number of carbonyl (C=O) groups excluding carboxylic acids is 1. The summed E-state index contributed by atoms with van der Waals surface area (Å²) in [6.07, 6.45) is 1.77. The predicted molar refractivity (Wildman–Crippen MR) is 128 cm³/mol. The molecule has 0 unspecified atom stereocenters. The van der Waals surface area contributed by atoms with Crippen molar-refractivity contribution in [3.63, 3.8) is 0 Å². The summed E-state index contributed by atoms with van der Waals surface area (Å²) in [6.45, 7) is 5.49. The fraction of sp³-hybridized carbons (Fsp3) is 0.304. The molecule has 1 amide bonds. The number of rotatable bonds is 8. The predicted octanol–water partition coefficient (Wildman–Crippen LogP) is 4.31. The fourth-order valence-electron chi connectivity index (χ4n) is 3.50. The normalized spacial score (nSPS) is 12.5. The van der Waals surface area contributed by atoms with E-state index in [2.05, 4.69) is 15.6 Å². The third-order valence-corrected chi connectivity index (χ3v) is 5.46. The first kappa shape index (κ1) is 24.7. The number of hydrogen-bond donors (Lipinski definition) is 2. The number of carboxylic acids is 1. The second kappa shape index (κ2) is 10.3. The van der Waals surface area contributed by atoms with Crippen LogP contribution in [0.15, 0.2) is 54.7 Å². The van der Waals surface area contributed by atoms with Gasteiger partial charge >= 0.3 is 5.97 Å². The Bertz CT molecular complexity index is 1130. The Kier molecular flexibility index (Phi) is 7.73. The van der Waals surface area contributed by atoms with Crippen LogP contribution < -0.4 is 5.32 Å². The number of anilines is 1. The second-order valence-electron chi connectivity index (χ2n) is 8.54. The SMILES string of the molecule is CC(C)(C)N(CC(=O)Nc1cc(Cl)ccc1-n1cc(Cl)nn1)[C@@H](Cc1ccccc1)C(=O)O. The van der Waals surface area contributed by atoms with Crippen LogP contribution in [-0.2, 0) is 16.0 Å². The smallest absolute Gasteiger partial charge is 0.321 e. The lowest BCUT2D eigenvalue weighted by molar-refractivity contribution is -0.146. The molecule has 3 rings (SSSR count). The van der Waals surface area contributed by atoms with Crippen LogP contribution in [0.1, 0.15) is 26.3 Å². The summed E-state index contributed by atoms with van der Waals surface area (Å²) in [6, 6.07) is 13.4. The highest BCUT2D eigenvalue weighted by Crippen LogP contribution is 2.26. The van der Waals surface area contributed by atoms with Crippen molar-refractivity contribution in [2.24, 2.45) is 0 Å². The largest absolute Gasteiger partial charge is 0.480 e. The Morgan fingerprint density at radius 2 is 1.85 bits per heavy atom. The van der Waals surface area contributed by atoms with Crippen LogP contribution in [0.3, 0.4) is 0 Å². The topological polar surface area (TPSA) is 100 Å². The van der Waals surface area contributed by atoms with Crippen LogP contribution in [0.5, 0.6) is 0 Å². The lowest BCUT2D eigenvalue weighted by atomic mass is 9.97. The molecule has 0 bridgehead atoms. The van der Waals surface area contributed by atoms with Crippen molar-refractivity contribution in [3.05, 3.63) is 70.5 Å². The third-order valence-electron chi connectivity index (χ3n) is 5.05. The minimum Gasteiger partial charge on any atom is -0.480 e. The van der Waals surface area contributed by atoms with Gasteiger partial charge in [-0.2, -0.15) is 0 Å². The molecule has 0 saturated carbocycles. The summed E-state index contributed by atoms with van der Waals surface area (Å²) in [5, 5.41) is 21.1. The van der Waals surface area contributed by atoms with Gasteiger partial charge < -0.3 is 10.4 Å². The van der Waals surface area contributed by atoms with Gasteiger partial charge in [-0.3, -0.25) is 14.5 Å². The van der Waals surface area contributed by atoms with Crippen molar-refractivity contribution in [3.8, 4) is 5.69 Å². The maximum Gasteiger partial charge on any atom is 0.321 e. The van der Waals surface area contributed by atoms with Gasteiger partial charge in [0.2, 0.25) is 5.91 Å². The Hall–Kier alpha value is -2.94. The monoisotopic (exact) mass is 489 g/mol. The first-order chi connectivity index (χ1) is 15.5. The number of carboxylic acid groups (broad SMARTS) is 1. The Morgan fingerprint density at radius 3 is 2.42 bits per heavy atom. The number of hydrogen-bond acceptors (Lipinski definition) is 5. The molecule has 0 fully saturated rings. The van der Waals surface area contributed by atoms with Crippen molar-refractivity contribution in [2.75, 3.05) is 11.9 Å². The van der Waals surface area contributed by atoms with Gasteiger partial charge in [0.05, 0.1) is 24.1 Å². The number of nitrogens with one attached hydrogen (secondary N) is 1. The summed E-state index contributed by atoms with van der Waals surface area (Å²) in [5.41, 5.74) is 1.21. The third kappa shape index (κ3) is 6.54. The number of benzene rings is 2. The van der Waals surface area contributed by atoms with Gasteiger partial charge in [-0.15, -0.1) is 5.10 Å². The van der Waals surface area contributed by atoms with E-state index in [1.807, 2.05) is 51.1 Å². The zero-order chi connectivity index (χ0) is 24.2. The van der Waals surface area contributed by atoms with Crippen molar-refractivity contribution in [1.82, 2.24) is 19.9 Å². The molecule has 3 aromatic rings. The first-order valence-electron chi connectivity index (χ1n) is 10.3. The molecule has 0 saturated heterocycles. The standard InChI is InChI=1S/C23H25Cl2N5O3/c1-23(2,3)29(19(22(32)33)11-15-7-5-4-6-8-15)14-21(31)26-17-12-16(24)9-10-18(17)30-13-20(25)27-28-30/h4-10,12-13,19H,11,14H2,1-3H3,(H,26,31)(H,32,33)/t19-/m0/s1. The molecule has 1 atom stereocenters. The number of amides is 1. The summed E-state index contributed by atoms with van der Waals surface area (Å²) in [7, 11) is 0. The molecule has 174 valence electrons. The van der Waals surface area contributed by atoms with Gasteiger partial charge in [0.15, 0.2) is 5.15 Å². The minimum atomic E-state index is -0.998. The number of halogens is 2. The summed E-state index contributed by atoms with van der Waals surface area (Å²) >= 11 is 12.0. The zero-order valence-corrected chi connectivity index (χ0v) is 20.0. The Labute approximate surface area is 202 Å². The van der Waals surface area contributed by atoms with Gasteiger partial charge in [-0.05, 0) is 51.0 Å². The van der Waals surface area contributed by atoms with E-state index < -0.39 is 17.6 Å². The maximum absolute atomic E-state index is 13.1. The molecule has 0 spiro atoms. The Morgan fingerprint density at radius 1 is 1.15 bits per heavy atom. The van der Waals surface area contributed by atoms with E-state index in [9.17, 15) is 14.7 Å². The molecule has 2 N–H and O–H groups in total. The highest BCUT2D eigenvalue weighted by Gasteiger charge is 2.35. The van der Waals surface area contributed by atoms with E-state index in [4.69, 9.17) is 23.2 Å². The molecule has 10 heteroatoms. The van der Waals surface area contributed by atoms with Crippen LogP contribution in [-0.4, -0.2) is 55.0 Å². The molecular weight excluding hydrogens is 465 g/mol. The molecule has 0 aliphatic carbocycles. The van der Waals surface area contributed by atoms with E-state index in [0.29, 0.717) is 16.4 Å². The molecule has 0 aliphatic rings. The zero-order valence-electron chi connectivity index (χ0n) is 18.5. The lowest BCUT2D eigenvalue weighted by Gasteiger charge is -2.39. The molecule has 1 heterocycles. The van der Waals surface area contributed by atoms with Crippen LogP contribution in [0.25, 0.3) is 5.69 Å². The molecule has 1 aromatic heterocycles. The van der Waals surface area contributed by atoms with E-state index in [1.54, 1.807) is 23.1 Å². The van der Waals surface area contributed by atoms with Crippen LogP contribution in [0.2, 0.25) is 10.2 Å². The van der Waals surface area contributed by atoms with E-state index in [1.165, 1.54) is 10.9 Å². The Balaban J connectivity index is 1.85. The number of aromatic nitrogens is 3. The van der Waals surface area contributed by atoms with Gasteiger partial charge in [-0.25, -0.2) is 4.68 Å². The second-order valence-corrected chi connectivity index (χ2v) is 9.36. The van der Waals surface area contributed by atoms with E-state index in [-0.39, 0.29) is 24.0 Å². The molecule has 0 aliphatic heterocycles. The molecular formula is C23H25Cl2N5O3. The van der Waals surface area contributed by atoms with Crippen molar-refractivity contribution >= 4 is 40.8 Å². The average Bonchev–Trinajstić information content (AvgIpc) is 3.16. The van der Waals surface area contributed by atoms with Crippen molar-refractivity contribution < 1.29 is 14.7 Å². The van der Waals surface area contributed by atoms with Crippen LogP contribution in [0, 0.1) is 0 Å². The van der Waals surface area contributed by atoms with Crippen molar-refractivity contribution in [1.29, 1.82) is 0 Å². The summed E-state index contributed by atoms with van der Waals surface area (Å²) < 4.78 is 1.42. The maximum atomic E-state index is 13.1. The van der Waals surface area contributed by atoms with Gasteiger partial charge in [0.1, 0.15) is 6.04 Å². The lowest BCUT2D eigenvalue weighted by Crippen LogP contribution is -2.55. The molecule has 0 radical (unpaired) electrons. The van der Waals surface area contributed by atoms with Gasteiger partial charge in [0, 0.05) is 10.6 Å². The molecule has 2 aromatic carbocycles. The average molecular weight is 490 g/mol. The first-order valence-corrected chi connectivity index (χ1v) is 11.0. The molecule has 33 heavy (non-hydrogen) atoms. The van der Waals surface area contributed by atoms with E-state index in [0.717, 1.165) is 5.56 Å². The van der Waals surface area contributed by atoms with Crippen LogP contribution >= 0.6 is 23.2 Å². The number of nitrogens with zero attached hydrogens (tertiary/aromatic N) is 4. The fourth-order valence-corrected chi connectivity index (χ4v) is 3.80. The van der Waals surface area contributed by atoms with Crippen LogP contribution in [0.4, 0.5) is 5.69 Å². The minimum absolute atomic E-state index is 0.142. The summed E-state index contributed by atoms with van der Waals surface area (Å²) in [4.78, 5) is 27.0. The van der Waals surface area contributed by atoms with Gasteiger partial charge in [0.25, 0.3) is 0 Å². The summed E-state index contributed by atoms with van der Waals surface area (Å²) in [5.74, 6) is -1.39. The number of carbonyl (C=O) groups is 2. The highest BCUT2D eigenvalue weighted by molar-refractivity contribution is 6.31. The quantitative estimate of drug-likeness (QED) is 0.488.